The quantitative estimate of drug-likeness (QED) is 0.302. The van der Waals surface area contributed by atoms with E-state index in [0.29, 0.717) is 10.6 Å². The number of halogens is 1. The maximum atomic E-state index is 14.3. The zero-order valence-corrected chi connectivity index (χ0v) is 23.7. The number of amides is 1. The van der Waals surface area contributed by atoms with Crippen molar-refractivity contribution in [1.29, 1.82) is 0 Å². The summed E-state index contributed by atoms with van der Waals surface area (Å²) in [5.41, 5.74) is -2.41. The van der Waals surface area contributed by atoms with E-state index in [0.717, 1.165) is 22.0 Å². The first-order valence-electron chi connectivity index (χ1n) is 12.4. The highest BCUT2D eigenvalue weighted by molar-refractivity contribution is 7.21. The lowest BCUT2D eigenvalue weighted by atomic mass is 10.0. The molecular formula is C26H29FN6O6S. The molecule has 1 aromatic carbocycles. The molecule has 0 spiro atoms. The summed E-state index contributed by atoms with van der Waals surface area (Å²) in [4.78, 5) is 54.8. The number of aryl methyl sites for hydroxylation is 1. The fourth-order valence-corrected chi connectivity index (χ4v) is 5.72. The Hall–Kier alpha value is -4.33. The number of aromatic nitrogens is 5. The van der Waals surface area contributed by atoms with Gasteiger partial charge in [0, 0.05) is 24.6 Å². The molecule has 14 heteroatoms. The standard InChI is InChI=1S/C26H29FN6O6S/c1-7-28-24(36)26(4,5)32-21(35)20-14(2)22(33-29-10-11-30-33)40-23(20)31(25(32)37)13-19(39-15(3)34)17-12-16(27)8-9-18(17)38-6/h8-12,19H,7,13H2,1-6H3,(H,28,36)/t19-/m1/s1. The van der Waals surface area contributed by atoms with Crippen LogP contribution in [-0.4, -0.2) is 49.7 Å². The summed E-state index contributed by atoms with van der Waals surface area (Å²) >= 11 is 1.08. The molecule has 0 aliphatic carbocycles. The second-order valence-electron chi connectivity index (χ2n) is 9.47. The average Bonchev–Trinajstić information content (AvgIpc) is 3.53. The molecule has 0 unspecified atom stereocenters. The van der Waals surface area contributed by atoms with Gasteiger partial charge in [0.15, 0.2) is 0 Å². The molecule has 212 valence electrons. The number of fused-ring (bicyclic) bond motifs is 1. The number of esters is 1. The predicted molar refractivity (Wildman–Crippen MR) is 145 cm³/mol. The first-order chi connectivity index (χ1) is 18.9. The van der Waals surface area contributed by atoms with E-state index in [1.165, 1.54) is 61.8 Å². The van der Waals surface area contributed by atoms with Gasteiger partial charge in [0.25, 0.3) is 5.56 Å². The van der Waals surface area contributed by atoms with Crippen molar-refractivity contribution in [3.63, 3.8) is 0 Å². The molecule has 1 atom stereocenters. The van der Waals surface area contributed by atoms with Crippen LogP contribution in [0.1, 0.15) is 44.9 Å². The van der Waals surface area contributed by atoms with Gasteiger partial charge in [0.2, 0.25) is 5.91 Å². The third-order valence-corrected chi connectivity index (χ3v) is 7.72. The number of methoxy groups -OCH3 is 1. The molecule has 40 heavy (non-hydrogen) atoms. The Kier molecular flexibility index (Phi) is 7.91. The summed E-state index contributed by atoms with van der Waals surface area (Å²) < 4.78 is 27.4. The summed E-state index contributed by atoms with van der Waals surface area (Å²) in [6, 6.07) is 3.73. The number of rotatable bonds is 9. The zero-order chi connectivity index (χ0) is 29.4. The molecule has 1 amide bonds. The lowest BCUT2D eigenvalue weighted by Gasteiger charge is -2.27. The summed E-state index contributed by atoms with van der Waals surface area (Å²) in [5, 5.41) is 11.6. The van der Waals surface area contributed by atoms with E-state index in [1.807, 2.05) is 0 Å². The van der Waals surface area contributed by atoms with Crippen LogP contribution < -0.4 is 21.3 Å². The summed E-state index contributed by atoms with van der Waals surface area (Å²) in [5.74, 6) is -1.59. The Morgan fingerprint density at radius 1 is 1.20 bits per heavy atom. The number of hydrogen-bond acceptors (Lipinski definition) is 9. The molecule has 0 saturated carbocycles. The van der Waals surface area contributed by atoms with Gasteiger partial charge in [-0.2, -0.15) is 10.2 Å². The van der Waals surface area contributed by atoms with Gasteiger partial charge in [-0.25, -0.2) is 13.8 Å². The molecular weight excluding hydrogens is 543 g/mol. The molecule has 0 fully saturated rings. The van der Waals surface area contributed by atoms with Crippen molar-refractivity contribution in [2.45, 2.75) is 52.8 Å². The molecule has 0 radical (unpaired) electrons. The minimum atomic E-state index is -1.59. The van der Waals surface area contributed by atoms with Crippen LogP contribution >= 0.6 is 11.3 Å². The monoisotopic (exact) mass is 572 g/mol. The highest BCUT2D eigenvalue weighted by Crippen LogP contribution is 2.34. The second-order valence-corrected chi connectivity index (χ2v) is 10.4. The largest absolute Gasteiger partial charge is 0.496 e. The second kappa shape index (κ2) is 11.0. The predicted octanol–water partition coefficient (Wildman–Crippen LogP) is 2.44. The number of carbonyl (C=O) groups excluding carboxylic acids is 2. The van der Waals surface area contributed by atoms with Gasteiger partial charge >= 0.3 is 11.7 Å². The molecule has 1 N–H and O–H groups in total. The first-order valence-corrected chi connectivity index (χ1v) is 13.2. The van der Waals surface area contributed by atoms with Crippen molar-refractivity contribution in [3.05, 3.63) is 68.4 Å². The minimum absolute atomic E-state index is 0.169. The average molecular weight is 573 g/mol. The van der Waals surface area contributed by atoms with Gasteiger partial charge in [-0.05, 0) is 45.9 Å². The van der Waals surface area contributed by atoms with Gasteiger partial charge in [-0.3, -0.25) is 19.0 Å². The molecule has 0 aliphatic heterocycles. The van der Waals surface area contributed by atoms with Crippen molar-refractivity contribution in [3.8, 4) is 10.8 Å². The van der Waals surface area contributed by atoms with E-state index in [-0.39, 0.29) is 34.6 Å². The SMILES string of the molecule is CCNC(=O)C(C)(C)n1c(=O)c2c(C)c(-n3nccn3)sc2n(C[C@@H](OC(C)=O)c2cc(F)ccc2OC)c1=O. The van der Waals surface area contributed by atoms with Crippen molar-refractivity contribution < 1.29 is 23.5 Å². The summed E-state index contributed by atoms with van der Waals surface area (Å²) in [7, 11) is 1.38. The highest BCUT2D eigenvalue weighted by atomic mass is 32.1. The van der Waals surface area contributed by atoms with Crippen molar-refractivity contribution in [2.24, 2.45) is 0 Å². The van der Waals surface area contributed by atoms with Gasteiger partial charge in [-0.1, -0.05) is 11.3 Å². The fourth-order valence-electron chi connectivity index (χ4n) is 4.50. The van der Waals surface area contributed by atoms with Crippen LogP contribution in [0.25, 0.3) is 15.2 Å². The molecule has 0 saturated heterocycles. The van der Waals surface area contributed by atoms with Crippen LogP contribution in [0.4, 0.5) is 4.39 Å². The molecule has 3 aromatic heterocycles. The highest BCUT2D eigenvalue weighted by Gasteiger charge is 2.36. The molecule has 4 aromatic rings. The lowest BCUT2D eigenvalue weighted by Crippen LogP contribution is -2.55. The van der Waals surface area contributed by atoms with Crippen molar-refractivity contribution in [1.82, 2.24) is 29.4 Å². The zero-order valence-electron chi connectivity index (χ0n) is 22.9. The van der Waals surface area contributed by atoms with Crippen LogP contribution in [0.5, 0.6) is 5.75 Å². The summed E-state index contributed by atoms with van der Waals surface area (Å²) in [6.45, 7) is 7.51. The van der Waals surface area contributed by atoms with E-state index in [4.69, 9.17) is 9.47 Å². The van der Waals surface area contributed by atoms with E-state index in [1.54, 1.807) is 13.8 Å². The number of nitrogens with zero attached hydrogens (tertiary/aromatic N) is 5. The molecule has 0 aliphatic rings. The van der Waals surface area contributed by atoms with Gasteiger partial charge in [-0.15, -0.1) is 4.80 Å². The molecule has 12 nitrogen and oxygen atoms in total. The number of ether oxygens (including phenoxy) is 2. The number of carbonyl (C=O) groups is 2. The Balaban J connectivity index is 2.06. The van der Waals surface area contributed by atoms with Crippen LogP contribution in [0.2, 0.25) is 0 Å². The van der Waals surface area contributed by atoms with Gasteiger partial charge in [0.05, 0.1) is 31.4 Å². The summed E-state index contributed by atoms with van der Waals surface area (Å²) in [6.07, 6.45) is 1.76. The van der Waals surface area contributed by atoms with E-state index >= 15 is 0 Å². The van der Waals surface area contributed by atoms with E-state index < -0.39 is 40.6 Å². The van der Waals surface area contributed by atoms with Crippen LogP contribution in [-0.2, 0) is 26.4 Å². The van der Waals surface area contributed by atoms with Gasteiger partial charge < -0.3 is 14.8 Å². The Bertz CT molecular complexity index is 1710. The van der Waals surface area contributed by atoms with E-state index in [9.17, 15) is 23.6 Å². The Morgan fingerprint density at radius 3 is 2.48 bits per heavy atom. The number of hydrogen-bond donors (Lipinski definition) is 1. The van der Waals surface area contributed by atoms with Crippen LogP contribution in [0.15, 0.2) is 40.2 Å². The normalized spacial score (nSPS) is 12.4. The smallest absolute Gasteiger partial charge is 0.333 e. The third-order valence-electron chi connectivity index (χ3n) is 6.43. The minimum Gasteiger partial charge on any atom is -0.496 e. The van der Waals surface area contributed by atoms with Crippen LogP contribution in [0.3, 0.4) is 0 Å². The Labute approximate surface area is 231 Å². The molecule has 4 rings (SSSR count). The van der Waals surface area contributed by atoms with E-state index in [2.05, 4.69) is 15.5 Å². The van der Waals surface area contributed by atoms with Crippen molar-refractivity contribution in [2.75, 3.05) is 13.7 Å². The molecule has 3 heterocycles. The number of thiophene rings is 1. The van der Waals surface area contributed by atoms with Crippen LogP contribution in [0, 0.1) is 12.7 Å². The Morgan fingerprint density at radius 2 is 1.88 bits per heavy atom. The topological polar surface area (TPSA) is 139 Å². The fraction of sp³-hybridized carbons (Fsp3) is 0.385. The molecule has 0 bridgehead atoms. The first kappa shape index (κ1) is 28.7. The van der Waals surface area contributed by atoms with Crippen molar-refractivity contribution >= 4 is 33.4 Å². The number of nitrogens with one attached hydrogen (secondary N) is 1. The van der Waals surface area contributed by atoms with Gasteiger partial charge in [0.1, 0.15) is 33.0 Å². The third kappa shape index (κ3) is 5.01. The lowest BCUT2D eigenvalue weighted by molar-refractivity contribution is -0.147. The maximum absolute atomic E-state index is 14.3. The number of likely N-dealkylation sites (N-methyl/N-ethyl adjacent to an activating group) is 1. The number of benzene rings is 1. The maximum Gasteiger partial charge on any atom is 0.333 e.